The first-order valence-electron chi connectivity index (χ1n) is 7.29. The second-order valence-electron chi connectivity index (χ2n) is 5.40. The van der Waals surface area contributed by atoms with E-state index < -0.39 is 12.1 Å². The fourth-order valence-corrected chi connectivity index (χ4v) is 2.39. The van der Waals surface area contributed by atoms with Gasteiger partial charge in [0.15, 0.2) is 6.10 Å². The summed E-state index contributed by atoms with van der Waals surface area (Å²) in [5.74, 6) is -0.382. The molecule has 1 atom stereocenters. The maximum atomic E-state index is 12.1. The van der Waals surface area contributed by atoms with Crippen LogP contribution in [-0.2, 0) is 14.3 Å². The molecule has 1 aromatic carbocycles. The Morgan fingerprint density at radius 1 is 1.41 bits per heavy atom. The molecular weight excluding hydrogens is 286 g/mol. The molecule has 1 aromatic rings. The van der Waals surface area contributed by atoms with Crippen LogP contribution in [0.5, 0.6) is 5.75 Å². The minimum absolute atomic E-state index is 0.0950. The van der Waals surface area contributed by atoms with Crippen LogP contribution in [-0.4, -0.2) is 54.3 Å². The van der Waals surface area contributed by atoms with E-state index in [9.17, 15) is 9.59 Å². The van der Waals surface area contributed by atoms with Crippen LogP contribution >= 0.6 is 0 Å². The molecule has 1 aliphatic rings. The second kappa shape index (κ2) is 7.26. The molecular formula is C16H21NO5. The van der Waals surface area contributed by atoms with Crippen LogP contribution in [0.4, 0.5) is 0 Å². The van der Waals surface area contributed by atoms with Crippen LogP contribution in [0.15, 0.2) is 18.2 Å². The zero-order chi connectivity index (χ0) is 16.1. The number of benzene rings is 1. The Hall–Kier alpha value is -2.08. The number of carbonyl (C=O) groups excluding carboxylic acids is 1. The van der Waals surface area contributed by atoms with Crippen molar-refractivity contribution in [2.24, 2.45) is 0 Å². The maximum Gasteiger partial charge on any atom is 0.334 e. The van der Waals surface area contributed by atoms with Crippen LogP contribution in [0.2, 0.25) is 0 Å². The number of morpholine rings is 1. The second-order valence-corrected chi connectivity index (χ2v) is 5.40. The van der Waals surface area contributed by atoms with Crippen LogP contribution in [0.25, 0.3) is 0 Å². The molecule has 120 valence electrons. The zero-order valence-corrected chi connectivity index (χ0v) is 12.9. The monoisotopic (exact) mass is 307 g/mol. The molecule has 0 aromatic heterocycles. The predicted molar refractivity (Wildman–Crippen MR) is 80.0 cm³/mol. The lowest BCUT2D eigenvalue weighted by atomic mass is 10.1. The minimum atomic E-state index is -1.04. The number of hydrogen-bond acceptors (Lipinski definition) is 4. The molecule has 2 rings (SSSR count). The number of carboxylic acid groups (broad SMARTS) is 1. The summed E-state index contributed by atoms with van der Waals surface area (Å²) in [6, 6.07) is 5.88. The number of carboxylic acids is 1. The van der Waals surface area contributed by atoms with Gasteiger partial charge in [0.25, 0.3) is 0 Å². The minimum Gasteiger partial charge on any atom is -0.493 e. The lowest BCUT2D eigenvalue weighted by Gasteiger charge is -2.30. The summed E-state index contributed by atoms with van der Waals surface area (Å²) in [6.45, 7) is 5.02. The summed E-state index contributed by atoms with van der Waals surface area (Å²) in [6.07, 6.45) is -0.711. The van der Waals surface area contributed by atoms with Crippen molar-refractivity contribution >= 4 is 11.9 Å². The molecule has 1 aliphatic heterocycles. The van der Waals surface area contributed by atoms with Crippen molar-refractivity contribution in [1.82, 2.24) is 4.90 Å². The number of amides is 1. The maximum absolute atomic E-state index is 12.1. The highest BCUT2D eigenvalue weighted by Crippen LogP contribution is 2.19. The molecule has 0 unspecified atom stereocenters. The van der Waals surface area contributed by atoms with Crippen molar-refractivity contribution in [3.63, 3.8) is 0 Å². The molecule has 6 nitrogen and oxygen atoms in total. The molecule has 0 spiro atoms. The average Bonchev–Trinajstić information content (AvgIpc) is 2.49. The van der Waals surface area contributed by atoms with E-state index in [0.29, 0.717) is 6.54 Å². The smallest absolute Gasteiger partial charge is 0.334 e. The van der Waals surface area contributed by atoms with Crippen molar-refractivity contribution in [2.75, 3.05) is 26.3 Å². The molecule has 1 heterocycles. The summed E-state index contributed by atoms with van der Waals surface area (Å²) >= 11 is 0. The number of aliphatic carboxylic acids is 1. The van der Waals surface area contributed by atoms with Crippen molar-refractivity contribution < 1.29 is 24.2 Å². The van der Waals surface area contributed by atoms with Gasteiger partial charge in [0, 0.05) is 6.54 Å². The van der Waals surface area contributed by atoms with Crippen molar-refractivity contribution in [3.8, 4) is 5.75 Å². The van der Waals surface area contributed by atoms with E-state index >= 15 is 0 Å². The molecule has 0 aliphatic carbocycles. The first-order valence-corrected chi connectivity index (χ1v) is 7.29. The van der Waals surface area contributed by atoms with Crippen molar-refractivity contribution in [3.05, 3.63) is 29.3 Å². The van der Waals surface area contributed by atoms with Crippen molar-refractivity contribution in [2.45, 2.75) is 26.4 Å². The fourth-order valence-electron chi connectivity index (χ4n) is 2.39. The van der Waals surface area contributed by atoms with E-state index in [1.165, 1.54) is 4.90 Å². The normalized spacial score (nSPS) is 18.1. The van der Waals surface area contributed by atoms with Gasteiger partial charge < -0.3 is 19.5 Å². The Labute approximate surface area is 129 Å². The third kappa shape index (κ3) is 4.21. The highest BCUT2D eigenvalue weighted by molar-refractivity contribution is 5.78. The summed E-state index contributed by atoms with van der Waals surface area (Å²) < 4.78 is 10.7. The van der Waals surface area contributed by atoms with Crippen LogP contribution in [0.3, 0.4) is 0 Å². The summed E-state index contributed by atoms with van der Waals surface area (Å²) in [5.41, 5.74) is 2.19. The van der Waals surface area contributed by atoms with E-state index in [1.807, 2.05) is 32.0 Å². The van der Waals surface area contributed by atoms with E-state index in [1.54, 1.807) is 0 Å². The van der Waals surface area contributed by atoms with Gasteiger partial charge in [0.2, 0.25) is 5.91 Å². The van der Waals surface area contributed by atoms with Crippen molar-refractivity contribution in [1.29, 1.82) is 0 Å². The molecule has 0 bridgehead atoms. The molecule has 1 amide bonds. The Morgan fingerprint density at radius 3 is 2.86 bits per heavy atom. The number of hydrogen-bond donors (Lipinski definition) is 1. The molecule has 0 saturated carbocycles. The van der Waals surface area contributed by atoms with Gasteiger partial charge in [0.05, 0.1) is 26.2 Å². The lowest BCUT2D eigenvalue weighted by molar-refractivity contribution is -0.159. The van der Waals surface area contributed by atoms with E-state index in [4.69, 9.17) is 14.6 Å². The van der Waals surface area contributed by atoms with Gasteiger partial charge in [-0.1, -0.05) is 17.7 Å². The van der Waals surface area contributed by atoms with Gasteiger partial charge in [-0.25, -0.2) is 4.79 Å². The Kier molecular flexibility index (Phi) is 5.38. The number of nitrogens with zero attached hydrogens (tertiary/aromatic N) is 1. The molecule has 22 heavy (non-hydrogen) atoms. The van der Waals surface area contributed by atoms with Gasteiger partial charge in [-0.3, -0.25) is 4.79 Å². The van der Waals surface area contributed by atoms with E-state index in [-0.39, 0.29) is 32.1 Å². The largest absolute Gasteiger partial charge is 0.493 e. The zero-order valence-electron chi connectivity index (χ0n) is 12.9. The third-order valence-corrected chi connectivity index (χ3v) is 3.60. The topological polar surface area (TPSA) is 76.1 Å². The summed E-state index contributed by atoms with van der Waals surface area (Å²) in [4.78, 5) is 24.5. The number of ether oxygens (including phenoxy) is 2. The SMILES string of the molecule is Cc1ccc(OCCC(=O)N2CCO[C@@H](C(=O)O)C2)c(C)c1. The Bertz CT molecular complexity index is 557. The highest BCUT2D eigenvalue weighted by Gasteiger charge is 2.28. The summed E-state index contributed by atoms with van der Waals surface area (Å²) in [5, 5.41) is 8.93. The van der Waals surface area contributed by atoms with Gasteiger partial charge >= 0.3 is 5.97 Å². The van der Waals surface area contributed by atoms with Gasteiger partial charge in [-0.05, 0) is 25.5 Å². The lowest BCUT2D eigenvalue weighted by Crippen LogP contribution is -2.48. The van der Waals surface area contributed by atoms with Gasteiger partial charge in [0.1, 0.15) is 5.75 Å². The van der Waals surface area contributed by atoms with Crippen LogP contribution in [0.1, 0.15) is 17.5 Å². The fraction of sp³-hybridized carbons (Fsp3) is 0.500. The Balaban J connectivity index is 1.81. The van der Waals surface area contributed by atoms with E-state index in [2.05, 4.69) is 0 Å². The predicted octanol–water partition coefficient (Wildman–Crippen LogP) is 1.38. The number of rotatable bonds is 5. The van der Waals surface area contributed by atoms with Crippen LogP contribution < -0.4 is 4.74 Å². The summed E-state index contributed by atoms with van der Waals surface area (Å²) in [7, 11) is 0. The molecule has 1 N–H and O–H groups in total. The first kappa shape index (κ1) is 16.3. The highest BCUT2D eigenvalue weighted by atomic mass is 16.5. The average molecular weight is 307 g/mol. The molecule has 1 fully saturated rings. The third-order valence-electron chi connectivity index (χ3n) is 3.60. The van der Waals surface area contributed by atoms with E-state index in [0.717, 1.165) is 16.9 Å². The molecule has 6 heteroatoms. The first-order chi connectivity index (χ1) is 10.5. The standard InChI is InChI=1S/C16H21NO5/c1-11-3-4-13(12(2)9-11)21-7-5-15(18)17-6-8-22-14(10-17)16(19)20/h3-4,9,14H,5-8,10H2,1-2H3,(H,19,20)/t14-/m1/s1. The Morgan fingerprint density at radius 2 is 2.18 bits per heavy atom. The number of aryl methyl sites for hydroxylation is 2. The number of carbonyl (C=O) groups is 2. The van der Waals surface area contributed by atoms with Gasteiger partial charge in [-0.2, -0.15) is 0 Å². The van der Waals surface area contributed by atoms with Gasteiger partial charge in [-0.15, -0.1) is 0 Å². The molecule has 1 saturated heterocycles. The van der Waals surface area contributed by atoms with Crippen LogP contribution in [0, 0.1) is 13.8 Å². The quantitative estimate of drug-likeness (QED) is 0.889. The molecule has 0 radical (unpaired) electrons.